The second kappa shape index (κ2) is 7.07. The van der Waals surface area contributed by atoms with Gasteiger partial charge < -0.3 is 14.5 Å². The van der Waals surface area contributed by atoms with Crippen molar-refractivity contribution < 1.29 is 9.47 Å². The van der Waals surface area contributed by atoms with E-state index < -0.39 is 0 Å². The van der Waals surface area contributed by atoms with E-state index in [2.05, 4.69) is 9.97 Å². The van der Waals surface area contributed by atoms with E-state index in [1.165, 1.54) is 6.42 Å². The van der Waals surface area contributed by atoms with Crippen LogP contribution < -0.4 is 10.3 Å². The molecule has 4 rings (SSSR count). The van der Waals surface area contributed by atoms with Crippen molar-refractivity contribution in [3.8, 4) is 16.9 Å². The number of aromatic nitrogens is 2. The molecule has 1 aromatic carbocycles. The van der Waals surface area contributed by atoms with Crippen LogP contribution in [0.2, 0.25) is 0 Å². The van der Waals surface area contributed by atoms with E-state index in [9.17, 15) is 4.79 Å². The lowest BCUT2D eigenvalue weighted by molar-refractivity contribution is -0.0110. The number of fused-ring (bicyclic) bond motifs is 1. The first-order valence-corrected chi connectivity index (χ1v) is 8.62. The molecule has 0 saturated carbocycles. The minimum Gasteiger partial charge on any atom is -0.491 e. The van der Waals surface area contributed by atoms with Crippen molar-refractivity contribution in [1.82, 2.24) is 9.97 Å². The van der Waals surface area contributed by atoms with Gasteiger partial charge in [-0.3, -0.25) is 9.78 Å². The molecule has 3 aromatic rings. The van der Waals surface area contributed by atoms with Gasteiger partial charge in [-0.25, -0.2) is 0 Å². The lowest BCUT2D eigenvalue weighted by atomic mass is 10.0. The van der Waals surface area contributed by atoms with Crippen LogP contribution in [0, 0.1) is 0 Å². The zero-order valence-corrected chi connectivity index (χ0v) is 13.9. The van der Waals surface area contributed by atoms with Gasteiger partial charge in [0.25, 0.3) is 5.56 Å². The van der Waals surface area contributed by atoms with Gasteiger partial charge >= 0.3 is 0 Å². The SMILES string of the molecule is O=c1[nH]cc(-c2ccc(OCC3CCCCO3)cc2)c2cccnc12. The minimum atomic E-state index is -0.174. The molecule has 0 aliphatic carbocycles. The topological polar surface area (TPSA) is 64.2 Å². The molecule has 0 spiro atoms. The molecule has 128 valence electrons. The molecule has 5 nitrogen and oxygen atoms in total. The highest BCUT2D eigenvalue weighted by atomic mass is 16.5. The van der Waals surface area contributed by atoms with Crippen molar-refractivity contribution in [2.75, 3.05) is 13.2 Å². The van der Waals surface area contributed by atoms with Gasteiger partial charge in [-0.2, -0.15) is 0 Å². The van der Waals surface area contributed by atoms with Gasteiger partial charge in [0.05, 0.1) is 6.10 Å². The first-order chi connectivity index (χ1) is 12.3. The zero-order chi connectivity index (χ0) is 17.1. The second-order valence-corrected chi connectivity index (χ2v) is 6.26. The van der Waals surface area contributed by atoms with Crippen LogP contribution in [0.3, 0.4) is 0 Å². The summed E-state index contributed by atoms with van der Waals surface area (Å²) in [5.41, 5.74) is 2.24. The average Bonchev–Trinajstić information content (AvgIpc) is 2.68. The quantitative estimate of drug-likeness (QED) is 0.791. The normalized spacial score (nSPS) is 17.5. The molecular weight excluding hydrogens is 316 g/mol. The van der Waals surface area contributed by atoms with Gasteiger partial charge in [-0.15, -0.1) is 0 Å². The van der Waals surface area contributed by atoms with E-state index in [-0.39, 0.29) is 11.7 Å². The highest BCUT2D eigenvalue weighted by molar-refractivity contribution is 5.93. The third kappa shape index (κ3) is 3.42. The lowest BCUT2D eigenvalue weighted by Crippen LogP contribution is -2.25. The molecule has 1 aliphatic heterocycles. The number of aromatic amines is 1. The van der Waals surface area contributed by atoms with E-state index in [0.717, 1.165) is 41.7 Å². The van der Waals surface area contributed by atoms with Crippen molar-refractivity contribution >= 4 is 10.9 Å². The standard InChI is InChI=1S/C20H20N2O3/c23-20-19-17(5-3-10-21-19)18(12-22-20)14-6-8-15(9-7-14)25-13-16-4-1-2-11-24-16/h3,5-10,12,16H,1-2,4,11,13H2,(H,22,23). The van der Waals surface area contributed by atoms with Gasteiger partial charge in [0.2, 0.25) is 0 Å². The van der Waals surface area contributed by atoms with Crippen LogP contribution in [0.1, 0.15) is 19.3 Å². The Balaban J connectivity index is 1.54. The Hall–Kier alpha value is -2.66. The summed E-state index contributed by atoms with van der Waals surface area (Å²) in [5, 5.41) is 0.843. The fourth-order valence-corrected chi connectivity index (χ4v) is 3.18. The predicted octanol–water partition coefficient (Wildman–Crippen LogP) is 3.54. The van der Waals surface area contributed by atoms with Gasteiger partial charge in [0.1, 0.15) is 17.9 Å². The first kappa shape index (κ1) is 15.8. The van der Waals surface area contributed by atoms with Crippen LogP contribution in [0.15, 0.2) is 53.6 Å². The fourth-order valence-electron chi connectivity index (χ4n) is 3.18. The van der Waals surface area contributed by atoms with Crippen LogP contribution in [0.25, 0.3) is 22.0 Å². The minimum absolute atomic E-state index is 0.174. The smallest absolute Gasteiger partial charge is 0.274 e. The molecule has 1 atom stereocenters. The van der Waals surface area contributed by atoms with E-state index in [4.69, 9.17) is 9.47 Å². The summed E-state index contributed by atoms with van der Waals surface area (Å²) < 4.78 is 11.5. The van der Waals surface area contributed by atoms with Crippen molar-refractivity contribution in [1.29, 1.82) is 0 Å². The third-order valence-corrected chi connectivity index (χ3v) is 4.54. The maximum atomic E-state index is 11.9. The van der Waals surface area contributed by atoms with Crippen LogP contribution in [-0.4, -0.2) is 29.3 Å². The number of hydrogen-bond donors (Lipinski definition) is 1. The predicted molar refractivity (Wildman–Crippen MR) is 96.9 cm³/mol. The molecular formula is C20H20N2O3. The van der Waals surface area contributed by atoms with Crippen LogP contribution >= 0.6 is 0 Å². The van der Waals surface area contributed by atoms with Crippen molar-refractivity contribution in [3.63, 3.8) is 0 Å². The van der Waals surface area contributed by atoms with E-state index in [1.807, 2.05) is 36.4 Å². The summed E-state index contributed by atoms with van der Waals surface area (Å²) in [5.74, 6) is 0.824. The maximum Gasteiger partial charge on any atom is 0.274 e. The lowest BCUT2D eigenvalue weighted by Gasteiger charge is -2.22. The monoisotopic (exact) mass is 336 g/mol. The summed E-state index contributed by atoms with van der Waals surface area (Å²) in [6, 6.07) is 11.6. The summed E-state index contributed by atoms with van der Waals surface area (Å²) in [4.78, 5) is 18.8. The molecule has 1 N–H and O–H groups in total. The number of rotatable bonds is 4. The molecule has 1 saturated heterocycles. The highest BCUT2D eigenvalue weighted by Gasteiger charge is 2.14. The fraction of sp³-hybridized carbons (Fsp3) is 0.300. The van der Waals surface area contributed by atoms with Gasteiger partial charge in [-0.05, 0) is 43.0 Å². The van der Waals surface area contributed by atoms with Crippen molar-refractivity contribution in [2.45, 2.75) is 25.4 Å². The molecule has 3 heterocycles. The molecule has 0 bridgehead atoms. The summed E-state index contributed by atoms with van der Waals surface area (Å²) in [6.45, 7) is 1.42. The first-order valence-electron chi connectivity index (χ1n) is 8.62. The summed E-state index contributed by atoms with van der Waals surface area (Å²) in [6.07, 6.45) is 6.98. The number of benzene rings is 1. The molecule has 0 radical (unpaired) electrons. The van der Waals surface area contributed by atoms with Crippen LogP contribution in [0.4, 0.5) is 0 Å². The van der Waals surface area contributed by atoms with E-state index in [1.54, 1.807) is 12.4 Å². The maximum absolute atomic E-state index is 11.9. The third-order valence-electron chi connectivity index (χ3n) is 4.54. The Kier molecular flexibility index (Phi) is 4.48. The largest absolute Gasteiger partial charge is 0.491 e. The summed E-state index contributed by atoms with van der Waals surface area (Å²) in [7, 11) is 0. The number of nitrogens with zero attached hydrogens (tertiary/aromatic N) is 1. The molecule has 2 aromatic heterocycles. The van der Waals surface area contributed by atoms with Gasteiger partial charge in [0.15, 0.2) is 0 Å². The Morgan fingerprint density at radius 2 is 2.08 bits per heavy atom. The van der Waals surface area contributed by atoms with Crippen molar-refractivity contribution in [2.24, 2.45) is 0 Å². The Morgan fingerprint density at radius 1 is 1.20 bits per heavy atom. The summed E-state index contributed by atoms with van der Waals surface area (Å²) >= 11 is 0. The molecule has 5 heteroatoms. The van der Waals surface area contributed by atoms with Crippen LogP contribution in [-0.2, 0) is 4.74 Å². The van der Waals surface area contributed by atoms with Gasteiger partial charge in [-0.1, -0.05) is 18.2 Å². The van der Waals surface area contributed by atoms with Crippen molar-refractivity contribution in [3.05, 3.63) is 59.1 Å². The number of H-pyrrole nitrogens is 1. The molecule has 1 aliphatic rings. The second-order valence-electron chi connectivity index (χ2n) is 6.26. The molecule has 0 amide bonds. The van der Waals surface area contributed by atoms with E-state index >= 15 is 0 Å². The molecule has 25 heavy (non-hydrogen) atoms. The Bertz CT molecular complexity index is 912. The van der Waals surface area contributed by atoms with Gasteiger partial charge in [0, 0.05) is 30.0 Å². The number of hydrogen-bond acceptors (Lipinski definition) is 4. The zero-order valence-electron chi connectivity index (χ0n) is 13.9. The molecule has 1 unspecified atom stereocenters. The average molecular weight is 336 g/mol. The highest BCUT2D eigenvalue weighted by Crippen LogP contribution is 2.27. The number of ether oxygens (including phenoxy) is 2. The number of nitrogens with one attached hydrogen (secondary N) is 1. The van der Waals surface area contributed by atoms with E-state index in [0.29, 0.717) is 12.1 Å². The number of pyridine rings is 2. The Morgan fingerprint density at radius 3 is 2.88 bits per heavy atom. The van der Waals surface area contributed by atoms with Crippen LogP contribution in [0.5, 0.6) is 5.75 Å². The molecule has 1 fully saturated rings. The Labute approximate surface area is 145 Å².